The zero-order chi connectivity index (χ0) is 36.6. The molecule has 0 unspecified atom stereocenters. The maximum atomic E-state index is 4.22. The third kappa shape index (κ3) is 7.85. The lowest BCUT2D eigenvalue weighted by molar-refractivity contribution is 0.183. The minimum atomic E-state index is -0.761. The van der Waals surface area contributed by atoms with Gasteiger partial charge in [0.25, 0.3) is 0 Å². The van der Waals surface area contributed by atoms with E-state index in [0.717, 1.165) is 0 Å². The zero-order valence-electron chi connectivity index (χ0n) is 31.2. The van der Waals surface area contributed by atoms with Gasteiger partial charge in [0.2, 0.25) is 0 Å². The summed E-state index contributed by atoms with van der Waals surface area (Å²) in [6.45, 7) is 13.9. The Balaban J connectivity index is 1.52. The summed E-state index contributed by atoms with van der Waals surface area (Å²) in [6.07, 6.45) is 0. The number of hydrogen-bond donors (Lipinski definition) is 2. The van der Waals surface area contributed by atoms with Crippen molar-refractivity contribution in [1.82, 2.24) is 10.6 Å². The summed E-state index contributed by atoms with van der Waals surface area (Å²) in [4.78, 5) is 0. The molecule has 0 saturated carbocycles. The molecular formula is C48H50N2P2. The Morgan fingerprint density at radius 1 is 0.346 bits per heavy atom. The molecule has 0 radical (unpaired) electrons. The highest BCUT2D eigenvalue weighted by Gasteiger charge is 2.48. The number of nitrogens with one attached hydrogen (secondary N) is 2. The largest absolute Gasteiger partial charge is 0.377 e. The predicted octanol–water partition coefficient (Wildman–Crippen LogP) is 10.8. The molecule has 6 rings (SSSR count). The topological polar surface area (TPSA) is 24.1 Å². The van der Waals surface area contributed by atoms with Gasteiger partial charge < -0.3 is 10.6 Å². The van der Waals surface area contributed by atoms with Crippen LogP contribution in [0.5, 0.6) is 0 Å². The van der Waals surface area contributed by atoms with Gasteiger partial charge in [0.1, 0.15) is 0 Å². The van der Waals surface area contributed by atoms with Crippen molar-refractivity contribution in [3.05, 3.63) is 215 Å². The predicted molar refractivity (Wildman–Crippen MR) is 229 cm³/mol. The standard InChI is InChI=1S/C48H50N2P2/c1-37(39(3)51(43-29-17-9-18-30-43)44-31-19-10-20-32-44)49-47(5,41-25-13-7-14-26-41)48(6,42-27-15-8-16-28-42)50-38(2)40(4)52(45-33-21-11-22-34-45)46-35-23-12-24-36-46/h7-36,49-50H,1-6H3/b39-37-,40-38-/t47-,48-/m0/s1. The molecule has 6 aromatic carbocycles. The van der Waals surface area contributed by atoms with E-state index in [0.29, 0.717) is 0 Å². The maximum Gasteiger partial charge on any atom is 0.0864 e. The van der Waals surface area contributed by atoms with Crippen molar-refractivity contribution < 1.29 is 0 Å². The van der Waals surface area contributed by atoms with Crippen molar-refractivity contribution in [3.8, 4) is 0 Å². The summed E-state index contributed by atoms with van der Waals surface area (Å²) >= 11 is 0. The molecular weight excluding hydrogens is 666 g/mol. The minimum absolute atomic E-state index is 0.584. The van der Waals surface area contributed by atoms with E-state index in [1.807, 2.05) is 0 Å². The summed E-state index contributed by atoms with van der Waals surface area (Å²) in [5, 5.41) is 16.5. The Bertz CT molecular complexity index is 1850. The minimum Gasteiger partial charge on any atom is -0.377 e. The first kappa shape index (κ1) is 37.0. The van der Waals surface area contributed by atoms with E-state index < -0.39 is 26.9 Å². The fraction of sp³-hybridized carbons (Fsp3) is 0.167. The molecule has 2 atom stereocenters. The molecule has 0 saturated heterocycles. The monoisotopic (exact) mass is 716 g/mol. The van der Waals surface area contributed by atoms with Gasteiger partial charge in [-0.2, -0.15) is 0 Å². The van der Waals surface area contributed by atoms with Crippen LogP contribution in [0.3, 0.4) is 0 Å². The second-order valence-electron chi connectivity index (χ2n) is 13.7. The van der Waals surface area contributed by atoms with Crippen LogP contribution in [0.1, 0.15) is 52.7 Å². The second-order valence-corrected chi connectivity index (χ2v) is 18.4. The highest BCUT2D eigenvalue weighted by Crippen LogP contribution is 2.48. The molecule has 2 nitrogen and oxygen atoms in total. The lowest BCUT2D eigenvalue weighted by Gasteiger charge is -2.50. The normalized spacial score (nSPS) is 14.8. The summed E-state index contributed by atoms with van der Waals surface area (Å²) < 4.78 is 0. The third-order valence-electron chi connectivity index (χ3n) is 10.4. The van der Waals surface area contributed by atoms with Crippen LogP contribution < -0.4 is 31.9 Å². The number of hydrogen-bond acceptors (Lipinski definition) is 2. The first-order chi connectivity index (χ1) is 25.2. The van der Waals surface area contributed by atoms with Crippen molar-refractivity contribution in [2.24, 2.45) is 0 Å². The molecule has 0 aliphatic heterocycles. The van der Waals surface area contributed by atoms with Crippen LogP contribution in [0.2, 0.25) is 0 Å². The molecule has 262 valence electrons. The smallest absolute Gasteiger partial charge is 0.0864 e. The van der Waals surface area contributed by atoms with Gasteiger partial charge in [-0.15, -0.1) is 0 Å². The van der Waals surface area contributed by atoms with Gasteiger partial charge >= 0.3 is 0 Å². The van der Waals surface area contributed by atoms with Crippen LogP contribution in [0.25, 0.3) is 0 Å². The number of allylic oxidation sites excluding steroid dienone is 4. The van der Waals surface area contributed by atoms with E-state index in [-0.39, 0.29) is 0 Å². The van der Waals surface area contributed by atoms with Gasteiger partial charge in [-0.05, 0) is 100 Å². The molecule has 0 spiro atoms. The molecule has 4 heteroatoms. The van der Waals surface area contributed by atoms with Crippen LogP contribution in [0, 0.1) is 0 Å². The Kier molecular flexibility index (Phi) is 11.9. The summed E-state index contributed by atoms with van der Waals surface area (Å²) in [5.41, 5.74) is 3.62. The molecule has 6 aromatic rings. The number of benzene rings is 6. The second kappa shape index (κ2) is 16.7. The van der Waals surface area contributed by atoms with Gasteiger partial charge in [0, 0.05) is 11.4 Å². The summed E-state index contributed by atoms with van der Waals surface area (Å²) in [5.74, 6) is 0. The van der Waals surface area contributed by atoms with Gasteiger partial charge in [0.15, 0.2) is 0 Å². The van der Waals surface area contributed by atoms with Crippen molar-refractivity contribution in [3.63, 3.8) is 0 Å². The SMILES string of the molecule is C/C(N[C@@](C)(c1ccccc1)[C@@](C)(N/C(C)=C(/C)P(c1ccccc1)c1ccccc1)c1ccccc1)=C(\C)P(c1ccccc1)c1ccccc1. The summed E-state index contributed by atoms with van der Waals surface area (Å²) in [7, 11) is -1.52. The summed E-state index contributed by atoms with van der Waals surface area (Å²) in [6, 6.07) is 65.8. The maximum absolute atomic E-state index is 4.22. The van der Waals surface area contributed by atoms with E-state index >= 15 is 0 Å². The van der Waals surface area contributed by atoms with Crippen LogP contribution in [0.15, 0.2) is 204 Å². The molecule has 0 fully saturated rings. The Hall–Kier alpha value is -4.74. The van der Waals surface area contributed by atoms with Crippen LogP contribution in [0.4, 0.5) is 0 Å². The Morgan fingerprint density at radius 3 is 0.788 bits per heavy atom. The van der Waals surface area contributed by atoms with E-state index in [9.17, 15) is 0 Å². The average Bonchev–Trinajstić information content (AvgIpc) is 3.20. The van der Waals surface area contributed by atoms with Gasteiger partial charge in [0.05, 0.1) is 11.1 Å². The van der Waals surface area contributed by atoms with Crippen LogP contribution in [-0.2, 0) is 11.1 Å². The molecule has 0 aliphatic carbocycles. The zero-order valence-corrected chi connectivity index (χ0v) is 33.0. The van der Waals surface area contributed by atoms with Crippen molar-refractivity contribution >= 4 is 37.1 Å². The quantitative estimate of drug-likeness (QED) is 0.116. The average molecular weight is 717 g/mol. The first-order valence-electron chi connectivity index (χ1n) is 18.1. The fourth-order valence-electron chi connectivity index (χ4n) is 7.16. The lowest BCUT2D eigenvalue weighted by atomic mass is 9.70. The molecule has 52 heavy (non-hydrogen) atoms. The lowest BCUT2D eigenvalue weighted by Crippen LogP contribution is -2.61. The first-order valence-corrected chi connectivity index (χ1v) is 20.7. The van der Waals surface area contributed by atoms with E-state index in [1.54, 1.807) is 0 Å². The van der Waals surface area contributed by atoms with E-state index in [4.69, 9.17) is 0 Å². The van der Waals surface area contributed by atoms with Crippen molar-refractivity contribution in [2.45, 2.75) is 52.6 Å². The Morgan fingerprint density at radius 2 is 0.558 bits per heavy atom. The third-order valence-corrected chi connectivity index (χ3v) is 15.7. The van der Waals surface area contributed by atoms with E-state index in [1.165, 1.54) is 54.4 Å². The highest BCUT2D eigenvalue weighted by molar-refractivity contribution is 7.77. The van der Waals surface area contributed by atoms with Gasteiger partial charge in [-0.25, -0.2) is 0 Å². The van der Waals surface area contributed by atoms with Crippen molar-refractivity contribution in [2.75, 3.05) is 0 Å². The van der Waals surface area contributed by atoms with E-state index in [2.05, 4.69) is 234 Å². The molecule has 0 bridgehead atoms. The number of rotatable bonds is 13. The Labute approximate surface area is 314 Å². The molecule has 2 N–H and O–H groups in total. The molecule has 0 amide bonds. The fourth-order valence-corrected chi connectivity index (χ4v) is 12.0. The molecule has 0 heterocycles. The molecule has 0 aliphatic rings. The van der Waals surface area contributed by atoms with Gasteiger partial charge in [-0.3, -0.25) is 0 Å². The van der Waals surface area contributed by atoms with Crippen LogP contribution in [-0.4, -0.2) is 0 Å². The van der Waals surface area contributed by atoms with Crippen LogP contribution >= 0.6 is 15.8 Å². The van der Waals surface area contributed by atoms with Gasteiger partial charge in [-0.1, -0.05) is 182 Å². The highest BCUT2D eigenvalue weighted by atomic mass is 31.1. The van der Waals surface area contributed by atoms with Crippen molar-refractivity contribution in [1.29, 1.82) is 0 Å². The molecule has 0 aromatic heterocycles.